The van der Waals surface area contributed by atoms with Crippen LogP contribution >= 0.6 is 0 Å². The maximum atomic E-state index is 12.5. The van der Waals surface area contributed by atoms with Crippen molar-refractivity contribution in [1.29, 1.82) is 0 Å². The number of nitrogens with zero attached hydrogens (tertiary/aromatic N) is 1. The summed E-state index contributed by atoms with van der Waals surface area (Å²) >= 11 is 0. The molecular weight excluding hydrogens is 314 g/mol. The fourth-order valence-corrected chi connectivity index (χ4v) is 4.35. The van der Waals surface area contributed by atoms with Crippen LogP contribution in [0.25, 0.3) is 0 Å². The second-order valence-electron chi connectivity index (χ2n) is 7.19. The van der Waals surface area contributed by atoms with E-state index in [-0.39, 0.29) is 5.97 Å². The van der Waals surface area contributed by atoms with Crippen molar-refractivity contribution in [2.45, 2.75) is 64.5 Å². The van der Waals surface area contributed by atoms with Crippen molar-refractivity contribution in [2.24, 2.45) is 5.41 Å². The molecule has 1 atom stereocenters. The van der Waals surface area contributed by atoms with Crippen LogP contribution in [-0.2, 0) is 15.3 Å². The predicted octanol–water partition coefficient (Wildman–Crippen LogP) is 4.08. The number of hydrogen-bond donors (Lipinski definition) is 1. The van der Waals surface area contributed by atoms with E-state index < -0.39 is 11.1 Å². The van der Waals surface area contributed by atoms with E-state index in [9.17, 15) is 9.90 Å². The van der Waals surface area contributed by atoms with Gasteiger partial charge >= 0.3 is 5.97 Å². The van der Waals surface area contributed by atoms with Crippen molar-refractivity contribution in [3.8, 4) is 0 Å². The standard InChI is InChI=1S/C21H33NO3/c1-4-22(5-2)21(24,18-12-8-6-9-13-18)17-16-20(19(23)25-3)14-10-7-11-15-20/h6,8-9,12-13,24H,4-5,7,10-11,14-17H2,1-3H3. The summed E-state index contributed by atoms with van der Waals surface area (Å²) in [6.07, 6.45) is 6.22. The van der Waals surface area contributed by atoms with Crippen LogP contribution < -0.4 is 0 Å². The van der Waals surface area contributed by atoms with Gasteiger partial charge in [-0.25, -0.2) is 0 Å². The second kappa shape index (κ2) is 8.81. The first kappa shape index (κ1) is 19.9. The van der Waals surface area contributed by atoms with Crippen molar-refractivity contribution in [3.63, 3.8) is 0 Å². The topological polar surface area (TPSA) is 49.8 Å². The Hall–Kier alpha value is -1.39. The predicted molar refractivity (Wildman–Crippen MR) is 100 cm³/mol. The summed E-state index contributed by atoms with van der Waals surface area (Å²) in [5, 5.41) is 11.6. The maximum Gasteiger partial charge on any atom is 0.311 e. The van der Waals surface area contributed by atoms with E-state index in [2.05, 4.69) is 18.7 Å². The molecule has 0 heterocycles. The fraction of sp³-hybridized carbons (Fsp3) is 0.667. The number of benzene rings is 1. The molecule has 1 aliphatic rings. The molecule has 0 aromatic heterocycles. The molecule has 0 amide bonds. The molecule has 0 bridgehead atoms. The van der Waals surface area contributed by atoms with Gasteiger partial charge in [0.1, 0.15) is 5.72 Å². The van der Waals surface area contributed by atoms with Gasteiger partial charge in [0.25, 0.3) is 0 Å². The van der Waals surface area contributed by atoms with Crippen LogP contribution in [0.1, 0.15) is 64.4 Å². The summed E-state index contributed by atoms with van der Waals surface area (Å²) in [7, 11) is 1.48. The molecule has 1 aliphatic carbocycles. The molecule has 1 N–H and O–H groups in total. The smallest absolute Gasteiger partial charge is 0.311 e. The van der Waals surface area contributed by atoms with E-state index in [1.807, 2.05) is 30.3 Å². The lowest BCUT2D eigenvalue weighted by Crippen LogP contribution is -2.47. The number of carbonyl (C=O) groups excluding carboxylic acids is 1. The number of ether oxygens (including phenoxy) is 1. The largest absolute Gasteiger partial charge is 0.469 e. The lowest BCUT2D eigenvalue weighted by molar-refractivity contribution is -0.160. The number of hydrogen-bond acceptors (Lipinski definition) is 4. The third-order valence-electron chi connectivity index (χ3n) is 5.90. The molecule has 1 aromatic carbocycles. The van der Waals surface area contributed by atoms with Crippen molar-refractivity contribution in [1.82, 2.24) is 4.90 Å². The van der Waals surface area contributed by atoms with Crippen LogP contribution in [-0.4, -0.2) is 36.2 Å². The number of rotatable bonds is 8. The Balaban J connectivity index is 2.28. The van der Waals surface area contributed by atoms with Crippen molar-refractivity contribution < 1.29 is 14.6 Å². The Labute approximate surface area is 152 Å². The zero-order valence-electron chi connectivity index (χ0n) is 16.0. The molecule has 1 unspecified atom stereocenters. The maximum absolute atomic E-state index is 12.5. The summed E-state index contributed by atoms with van der Waals surface area (Å²) in [6, 6.07) is 9.83. The third-order valence-corrected chi connectivity index (χ3v) is 5.90. The van der Waals surface area contributed by atoms with Gasteiger partial charge in [-0.15, -0.1) is 0 Å². The SMILES string of the molecule is CCN(CC)C(O)(CCC1(C(=O)OC)CCCCC1)c1ccccc1. The molecule has 140 valence electrons. The Kier molecular flexibility index (Phi) is 7.03. The van der Waals surface area contributed by atoms with Gasteiger partial charge in [0.2, 0.25) is 0 Å². The normalized spacial score (nSPS) is 19.4. The Bertz CT molecular complexity index is 535. The molecule has 0 radical (unpaired) electrons. The van der Waals surface area contributed by atoms with E-state index in [0.29, 0.717) is 12.8 Å². The van der Waals surface area contributed by atoms with Gasteiger partial charge in [-0.2, -0.15) is 0 Å². The molecule has 1 aromatic rings. The molecule has 0 aliphatic heterocycles. The molecule has 4 nitrogen and oxygen atoms in total. The highest BCUT2D eigenvalue weighted by atomic mass is 16.5. The zero-order valence-corrected chi connectivity index (χ0v) is 16.0. The van der Waals surface area contributed by atoms with Crippen LogP contribution in [0.3, 0.4) is 0 Å². The highest BCUT2D eigenvalue weighted by Crippen LogP contribution is 2.44. The molecule has 4 heteroatoms. The first-order valence-electron chi connectivity index (χ1n) is 9.64. The highest BCUT2D eigenvalue weighted by molar-refractivity contribution is 5.76. The summed E-state index contributed by atoms with van der Waals surface area (Å²) in [6.45, 7) is 5.64. The quantitative estimate of drug-likeness (QED) is 0.569. The lowest BCUT2D eigenvalue weighted by atomic mass is 9.70. The van der Waals surface area contributed by atoms with Crippen LogP contribution in [0.2, 0.25) is 0 Å². The Morgan fingerprint density at radius 3 is 2.28 bits per heavy atom. The molecule has 1 saturated carbocycles. The van der Waals surface area contributed by atoms with E-state index >= 15 is 0 Å². The average Bonchev–Trinajstić information content (AvgIpc) is 2.68. The first-order chi connectivity index (χ1) is 12.0. The summed E-state index contributed by atoms with van der Waals surface area (Å²) in [4.78, 5) is 14.6. The fourth-order valence-electron chi connectivity index (χ4n) is 4.35. The number of esters is 1. The van der Waals surface area contributed by atoms with Crippen LogP contribution in [0.15, 0.2) is 30.3 Å². The monoisotopic (exact) mass is 347 g/mol. The highest BCUT2D eigenvalue weighted by Gasteiger charge is 2.44. The summed E-state index contributed by atoms with van der Waals surface area (Å²) in [5.74, 6) is -0.109. The van der Waals surface area contributed by atoms with Gasteiger partial charge in [0.15, 0.2) is 0 Å². The molecule has 25 heavy (non-hydrogen) atoms. The first-order valence-corrected chi connectivity index (χ1v) is 9.64. The van der Waals surface area contributed by atoms with Gasteiger partial charge in [-0.1, -0.05) is 63.4 Å². The van der Waals surface area contributed by atoms with Crippen molar-refractivity contribution >= 4 is 5.97 Å². The van der Waals surface area contributed by atoms with E-state index in [4.69, 9.17) is 4.74 Å². The van der Waals surface area contributed by atoms with E-state index in [0.717, 1.165) is 44.3 Å². The van der Waals surface area contributed by atoms with Crippen LogP contribution in [0.5, 0.6) is 0 Å². The van der Waals surface area contributed by atoms with Gasteiger partial charge < -0.3 is 9.84 Å². The van der Waals surface area contributed by atoms with Gasteiger partial charge in [-0.3, -0.25) is 9.69 Å². The van der Waals surface area contributed by atoms with E-state index in [1.54, 1.807) is 0 Å². The van der Waals surface area contributed by atoms with Gasteiger partial charge in [0.05, 0.1) is 12.5 Å². The summed E-state index contributed by atoms with van der Waals surface area (Å²) < 4.78 is 5.14. The third kappa shape index (κ3) is 4.24. The minimum atomic E-state index is -1.05. The minimum absolute atomic E-state index is 0.109. The lowest BCUT2D eigenvalue weighted by Gasteiger charge is -2.42. The molecule has 0 saturated heterocycles. The van der Waals surface area contributed by atoms with E-state index in [1.165, 1.54) is 13.5 Å². The Morgan fingerprint density at radius 1 is 1.16 bits per heavy atom. The number of methoxy groups -OCH3 is 1. The number of aliphatic hydroxyl groups is 1. The molecule has 1 fully saturated rings. The molecule has 2 rings (SSSR count). The zero-order chi connectivity index (χ0) is 18.3. The molecular formula is C21H33NO3. The minimum Gasteiger partial charge on any atom is -0.469 e. The number of carbonyl (C=O) groups is 1. The van der Waals surface area contributed by atoms with Crippen LogP contribution in [0.4, 0.5) is 0 Å². The average molecular weight is 347 g/mol. The second-order valence-corrected chi connectivity index (χ2v) is 7.19. The van der Waals surface area contributed by atoms with Crippen LogP contribution in [0, 0.1) is 5.41 Å². The van der Waals surface area contributed by atoms with Gasteiger partial charge in [-0.05, 0) is 44.3 Å². The molecule has 0 spiro atoms. The summed E-state index contributed by atoms with van der Waals surface area (Å²) in [5.41, 5.74) is -0.596. The van der Waals surface area contributed by atoms with Crippen molar-refractivity contribution in [2.75, 3.05) is 20.2 Å². The van der Waals surface area contributed by atoms with Gasteiger partial charge in [0, 0.05) is 0 Å². The van der Waals surface area contributed by atoms with Crippen molar-refractivity contribution in [3.05, 3.63) is 35.9 Å². The Morgan fingerprint density at radius 2 is 1.76 bits per heavy atom.